The Morgan fingerprint density at radius 1 is 1.17 bits per heavy atom. The number of halogens is 1. The molecule has 3 rings (SSSR count). The van der Waals surface area contributed by atoms with E-state index in [-0.39, 0.29) is 23.7 Å². The van der Waals surface area contributed by atoms with Crippen molar-refractivity contribution in [1.82, 2.24) is 10.2 Å². The van der Waals surface area contributed by atoms with E-state index in [0.29, 0.717) is 43.2 Å². The first kappa shape index (κ1) is 20.4. The molecule has 0 radical (unpaired) electrons. The van der Waals surface area contributed by atoms with Crippen molar-refractivity contribution >= 4 is 17.6 Å². The molecule has 1 aliphatic heterocycles. The lowest BCUT2D eigenvalue weighted by atomic mass is 10.1. The quantitative estimate of drug-likeness (QED) is 0.748. The van der Waals surface area contributed by atoms with Crippen LogP contribution < -0.4 is 20.1 Å². The Labute approximate surface area is 168 Å². The highest BCUT2D eigenvalue weighted by atomic mass is 19.1. The molecule has 8 heteroatoms. The average Bonchev–Trinajstić information content (AvgIpc) is 3.07. The summed E-state index contributed by atoms with van der Waals surface area (Å²) in [4.78, 5) is 26.2. The minimum absolute atomic E-state index is 0.0199. The summed E-state index contributed by atoms with van der Waals surface area (Å²) in [6, 6.07) is 10.8. The number of hydrogen-bond acceptors (Lipinski definition) is 4. The van der Waals surface area contributed by atoms with Crippen LogP contribution in [0.15, 0.2) is 42.5 Å². The molecule has 0 aromatic heterocycles. The van der Waals surface area contributed by atoms with Crippen molar-refractivity contribution in [3.8, 4) is 11.5 Å². The maximum atomic E-state index is 13.0. The van der Waals surface area contributed by atoms with Crippen LogP contribution in [0.5, 0.6) is 11.5 Å². The van der Waals surface area contributed by atoms with Gasteiger partial charge in [0, 0.05) is 38.0 Å². The van der Waals surface area contributed by atoms with Gasteiger partial charge in [-0.05, 0) is 29.8 Å². The number of benzene rings is 2. The first-order chi connectivity index (χ1) is 14.0. The molecule has 1 atom stereocenters. The monoisotopic (exact) mass is 401 g/mol. The lowest BCUT2D eigenvalue weighted by molar-refractivity contribution is -0.128. The maximum Gasteiger partial charge on any atom is 0.319 e. The largest absolute Gasteiger partial charge is 0.497 e. The van der Waals surface area contributed by atoms with Crippen molar-refractivity contribution in [2.75, 3.05) is 32.6 Å². The zero-order valence-electron chi connectivity index (χ0n) is 16.4. The van der Waals surface area contributed by atoms with Gasteiger partial charge in [0.1, 0.15) is 17.3 Å². The number of nitrogens with zero attached hydrogens (tertiary/aromatic N) is 1. The Kier molecular flexibility index (Phi) is 6.54. The number of nitrogens with one attached hydrogen (secondary N) is 2. The highest BCUT2D eigenvalue weighted by Gasteiger charge is 2.29. The van der Waals surface area contributed by atoms with Crippen molar-refractivity contribution in [2.24, 2.45) is 5.92 Å². The Balaban J connectivity index is 1.49. The fourth-order valence-corrected chi connectivity index (χ4v) is 3.26. The van der Waals surface area contributed by atoms with Gasteiger partial charge in [-0.25, -0.2) is 9.18 Å². The summed E-state index contributed by atoms with van der Waals surface area (Å²) in [5.74, 6) is 0.854. The van der Waals surface area contributed by atoms with E-state index in [0.717, 1.165) is 5.56 Å². The number of likely N-dealkylation sites (tertiary alicyclic amines) is 1. The first-order valence-corrected chi connectivity index (χ1v) is 9.27. The fourth-order valence-electron chi connectivity index (χ4n) is 3.26. The standard InChI is InChI=1S/C21H24FN3O4/c1-28-17-7-8-18(19(10-17)29-2)24-21(27)23-11-15-9-20(26)25(13-15)12-14-3-5-16(22)6-4-14/h3-8,10,15H,9,11-13H2,1-2H3,(H2,23,24,27)/t15-/m0/s1. The van der Waals surface area contributed by atoms with Gasteiger partial charge < -0.3 is 25.0 Å². The highest BCUT2D eigenvalue weighted by Crippen LogP contribution is 2.29. The second kappa shape index (κ2) is 9.27. The third kappa shape index (κ3) is 5.37. The zero-order valence-corrected chi connectivity index (χ0v) is 16.4. The molecule has 0 aliphatic carbocycles. The number of rotatable bonds is 7. The van der Waals surface area contributed by atoms with Crippen LogP contribution in [0.25, 0.3) is 0 Å². The molecule has 0 saturated carbocycles. The van der Waals surface area contributed by atoms with Gasteiger partial charge in [0.25, 0.3) is 0 Å². The van der Waals surface area contributed by atoms with Crippen molar-refractivity contribution in [3.05, 3.63) is 53.8 Å². The lowest BCUT2D eigenvalue weighted by Crippen LogP contribution is -2.34. The topological polar surface area (TPSA) is 79.9 Å². The van der Waals surface area contributed by atoms with Gasteiger partial charge in [-0.3, -0.25) is 4.79 Å². The molecule has 1 heterocycles. The molecule has 3 amide bonds. The molecule has 2 aromatic carbocycles. The van der Waals surface area contributed by atoms with Gasteiger partial charge in [0.05, 0.1) is 19.9 Å². The van der Waals surface area contributed by atoms with Crippen LogP contribution in [0, 0.1) is 11.7 Å². The summed E-state index contributed by atoms with van der Waals surface area (Å²) in [6.07, 6.45) is 0.368. The number of methoxy groups -OCH3 is 2. The summed E-state index contributed by atoms with van der Waals surface area (Å²) < 4.78 is 23.4. The smallest absolute Gasteiger partial charge is 0.319 e. The molecule has 154 valence electrons. The average molecular weight is 401 g/mol. The van der Waals surface area contributed by atoms with Crippen LogP contribution in [0.2, 0.25) is 0 Å². The van der Waals surface area contributed by atoms with Crippen molar-refractivity contribution in [2.45, 2.75) is 13.0 Å². The molecular formula is C21H24FN3O4. The van der Waals surface area contributed by atoms with Gasteiger partial charge >= 0.3 is 6.03 Å². The summed E-state index contributed by atoms with van der Waals surface area (Å²) in [6.45, 7) is 1.35. The van der Waals surface area contributed by atoms with Crippen LogP contribution in [0.4, 0.5) is 14.9 Å². The summed E-state index contributed by atoms with van der Waals surface area (Å²) in [5.41, 5.74) is 1.39. The minimum atomic E-state index is -0.377. The lowest BCUT2D eigenvalue weighted by Gasteiger charge is -2.17. The molecule has 0 unspecified atom stereocenters. The van der Waals surface area contributed by atoms with E-state index < -0.39 is 0 Å². The number of hydrogen-bond donors (Lipinski definition) is 2. The van der Waals surface area contributed by atoms with Crippen LogP contribution in [0.1, 0.15) is 12.0 Å². The van der Waals surface area contributed by atoms with Crippen LogP contribution in [-0.2, 0) is 11.3 Å². The van der Waals surface area contributed by atoms with Crippen LogP contribution in [-0.4, -0.2) is 44.1 Å². The van der Waals surface area contributed by atoms with Gasteiger partial charge in [0.2, 0.25) is 5.91 Å². The molecule has 1 aliphatic rings. The molecule has 0 bridgehead atoms. The van der Waals surface area contributed by atoms with E-state index in [4.69, 9.17) is 9.47 Å². The molecule has 7 nitrogen and oxygen atoms in total. The van der Waals surface area contributed by atoms with E-state index in [1.807, 2.05) is 0 Å². The third-order valence-electron chi connectivity index (χ3n) is 4.79. The van der Waals surface area contributed by atoms with Gasteiger partial charge in [0.15, 0.2) is 0 Å². The van der Waals surface area contributed by atoms with Gasteiger partial charge in [-0.15, -0.1) is 0 Å². The predicted molar refractivity (Wildman–Crippen MR) is 106 cm³/mol. The van der Waals surface area contributed by atoms with Crippen molar-refractivity contribution in [3.63, 3.8) is 0 Å². The number of urea groups is 1. The molecular weight excluding hydrogens is 377 g/mol. The molecule has 2 aromatic rings. The maximum absolute atomic E-state index is 13.0. The van der Waals surface area contributed by atoms with E-state index in [1.165, 1.54) is 19.2 Å². The first-order valence-electron chi connectivity index (χ1n) is 9.27. The highest BCUT2D eigenvalue weighted by molar-refractivity contribution is 5.91. The van der Waals surface area contributed by atoms with E-state index in [9.17, 15) is 14.0 Å². The van der Waals surface area contributed by atoms with Crippen LogP contribution >= 0.6 is 0 Å². The van der Waals surface area contributed by atoms with Gasteiger partial charge in [-0.1, -0.05) is 12.1 Å². The number of carbonyl (C=O) groups is 2. The molecule has 2 N–H and O–H groups in total. The zero-order chi connectivity index (χ0) is 20.8. The molecule has 1 saturated heterocycles. The van der Waals surface area contributed by atoms with Crippen molar-refractivity contribution in [1.29, 1.82) is 0 Å². The van der Waals surface area contributed by atoms with Gasteiger partial charge in [-0.2, -0.15) is 0 Å². The Morgan fingerprint density at radius 2 is 1.93 bits per heavy atom. The number of carbonyl (C=O) groups excluding carboxylic acids is 2. The number of amides is 3. The predicted octanol–water partition coefficient (Wildman–Crippen LogP) is 3.01. The molecule has 0 spiro atoms. The second-order valence-corrected chi connectivity index (χ2v) is 6.87. The summed E-state index contributed by atoms with van der Waals surface area (Å²) in [5, 5.41) is 5.54. The Bertz CT molecular complexity index is 873. The molecule has 29 heavy (non-hydrogen) atoms. The number of anilines is 1. The van der Waals surface area contributed by atoms with E-state index in [2.05, 4.69) is 10.6 Å². The van der Waals surface area contributed by atoms with E-state index >= 15 is 0 Å². The third-order valence-corrected chi connectivity index (χ3v) is 4.79. The normalized spacial score (nSPS) is 15.9. The Morgan fingerprint density at radius 3 is 2.62 bits per heavy atom. The van der Waals surface area contributed by atoms with Crippen LogP contribution in [0.3, 0.4) is 0 Å². The second-order valence-electron chi connectivity index (χ2n) is 6.87. The van der Waals surface area contributed by atoms with Crippen molar-refractivity contribution < 1.29 is 23.5 Å². The van der Waals surface area contributed by atoms with E-state index in [1.54, 1.807) is 42.3 Å². The minimum Gasteiger partial charge on any atom is -0.497 e. The number of ether oxygens (including phenoxy) is 2. The SMILES string of the molecule is COc1ccc(NC(=O)NC[C@@H]2CC(=O)N(Cc3ccc(F)cc3)C2)c(OC)c1. The molecule has 1 fully saturated rings. The fraction of sp³-hybridized carbons (Fsp3) is 0.333. The Hall–Kier alpha value is -3.29. The summed E-state index contributed by atoms with van der Waals surface area (Å²) in [7, 11) is 3.06. The summed E-state index contributed by atoms with van der Waals surface area (Å²) >= 11 is 0.